The third-order valence-corrected chi connectivity index (χ3v) is 13.3. The van der Waals surface area contributed by atoms with Crippen molar-refractivity contribution in [3.63, 3.8) is 0 Å². The van der Waals surface area contributed by atoms with Crippen molar-refractivity contribution in [1.29, 1.82) is 0 Å². The van der Waals surface area contributed by atoms with Crippen LogP contribution < -0.4 is 0 Å². The summed E-state index contributed by atoms with van der Waals surface area (Å²) in [6, 6.07) is 42.0. The smallest absolute Gasteiger partial charge is 0.403 e. The number of halogens is 5. The van der Waals surface area contributed by atoms with Crippen LogP contribution in [0.1, 0.15) is 104 Å². The fourth-order valence-corrected chi connectivity index (χ4v) is 9.79. The van der Waals surface area contributed by atoms with Gasteiger partial charge in [-0.1, -0.05) is 170 Å². The molecule has 64 heavy (non-hydrogen) atoms. The van der Waals surface area contributed by atoms with Crippen molar-refractivity contribution < 1.29 is 28.6 Å². The number of carbonyl (C=O) groups excluding carboxylic acids is 3. The van der Waals surface area contributed by atoms with Crippen LogP contribution in [0, 0.1) is 0 Å². The van der Waals surface area contributed by atoms with Gasteiger partial charge < -0.3 is 14.2 Å². The highest BCUT2D eigenvalue weighted by atomic mass is 79.9. The van der Waals surface area contributed by atoms with Crippen LogP contribution in [-0.4, -0.2) is 36.1 Å². The first-order valence-corrected chi connectivity index (χ1v) is 23.6. The fraction of sp³-hybridized carbons (Fsp3) is 0.264. The van der Waals surface area contributed by atoms with Gasteiger partial charge in [0, 0.05) is 61.5 Å². The molecule has 0 fully saturated rings. The minimum absolute atomic E-state index is 0.0118. The van der Waals surface area contributed by atoms with Crippen molar-refractivity contribution >= 4 is 82.9 Å². The Morgan fingerprint density at radius 3 is 1.03 bits per heavy atom. The van der Waals surface area contributed by atoms with Crippen LogP contribution in [0.2, 0.25) is 0 Å². The molecule has 11 heteroatoms. The summed E-state index contributed by atoms with van der Waals surface area (Å²) in [5.41, 5.74) is 14.7. The summed E-state index contributed by atoms with van der Waals surface area (Å²) < 4.78 is 17.2. The molecule has 0 saturated carbocycles. The van der Waals surface area contributed by atoms with Gasteiger partial charge in [-0.05, 0) is 113 Å². The molecule has 0 bridgehead atoms. The van der Waals surface area contributed by atoms with Crippen LogP contribution in [-0.2, 0) is 25.0 Å². The van der Waals surface area contributed by atoms with Gasteiger partial charge in [0.1, 0.15) is 19.8 Å². The first-order valence-electron chi connectivity index (χ1n) is 20.8. The Morgan fingerprint density at radius 1 is 0.422 bits per heavy atom. The summed E-state index contributed by atoms with van der Waals surface area (Å²) in [7, 11) is 0. The lowest BCUT2D eigenvalue weighted by Gasteiger charge is -2.22. The van der Waals surface area contributed by atoms with Crippen LogP contribution >= 0.6 is 66.7 Å². The predicted octanol–water partition coefficient (Wildman–Crippen LogP) is 16.6. The molecule has 0 aliphatic heterocycles. The second-order valence-corrected chi connectivity index (χ2v) is 20.8. The zero-order chi connectivity index (χ0) is 46.1. The number of rotatable bonds is 6. The molecular weight excluding hydrogens is 999 g/mol. The molecule has 3 aliphatic rings. The summed E-state index contributed by atoms with van der Waals surface area (Å²) in [6.07, 6.45) is 0. The zero-order valence-electron chi connectivity index (χ0n) is 36.2. The summed E-state index contributed by atoms with van der Waals surface area (Å²) >= 11 is 23.0. The average Bonchev–Trinajstić information content (AvgIpc) is 3.84. The first kappa shape index (κ1) is 47.5. The fourth-order valence-electron chi connectivity index (χ4n) is 8.84. The molecule has 3 aliphatic carbocycles. The molecule has 0 heterocycles. The van der Waals surface area contributed by atoms with E-state index in [1.807, 2.05) is 36.4 Å². The van der Waals surface area contributed by atoms with Gasteiger partial charge in [-0.15, -0.1) is 0 Å². The highest BCUT2D eigenvalue weighted by Crippen LogP contribution is 2.49. The van der Waals surface area contributed by atoms with E-state index in [4.69, 9.17) is 49.0 Å². The highest BCUT2D eigenvalue weighted by Gasteiger charge is 2.33. The lowest BCUT2D eigenvalue weighted by atomic mass is 9.83. The molecule has 0 radical (unpaired) electrons. The van der Waals surface area contributed by atoms with Gasteiger partial charge in [-0.25, -0.2) is 14.4 Å². The molecule has 330 valence electrons. The normalized spacial score (nSPS) is 13.4. The first-order chi connectivity index (χ1) is 30.3. The maximum Gasteiger partial charge on any atom is 0.403 e. The molecule has 0 unspecified atom stereocenters. The molecule has 0 N–H and O–H groups in total. The Balaban J connectivity index is 0.000000146. The van der Waals surface area contributed by atoms with Crippen LogP contribution in [0.25, 0.3) is 33.4 Å². The van der Waals surface area contributed by atoms with E-state index in [-0.39, 0.29) is 48.4 Å². The maximum absolute atomic E-state index is 11.2. The summed E-state index contributed by atoms with van der Waals surface area (Å²) in [4.78, 5) is 32.9. The number of fused-ring (bicyclic) bond motifs is 9. The van der Waals surface area contributed by atoms with Gasteiger partial charge in [0.25, 0.3) is 0 Å². The minimum atomic E-state index is -0.773. The summed E-state index contributed by atoms with van der Waals surface area (Å²) in [6.45, 7) is 14.1. The maximum atomic E-state index is 11.2. The van der Waals surface area contributed by atoms with Gasteiger partial charge in [0.05, 0.1) is 0 Å². The molecule has 6 aromatic carbocycles. The van der Waals surface area contributed by atoms with Crippen LogP contribution in [0.4, 0.5) is 14.4 Å². The van der Waals surface area contributed by atoms with Crippen molar-refractivity contribution in [1.82, 2.24) is 0 Å². The van der Waals surface area contributed by atoms with Gasteiger partial charge >= 0.3 is 16.3 Å². The molecule has 0 amide bonds. The third-order valence-electron chi connectivity index (χ3n) is 12.0. The quantitative estimate of drug-likeness (QED) is 0.122. The molecule has 0 saturated heterocycles. The number of benzene rings is 6. The summed E-state index contributed by atoms with van der Waals surface area (Å²) in [5.74, 6) is 0.116. The van der Waals surface area contributed by atoms with Gasteiger partial charge in [0.15, 0.2) is 0 Å². The lowest BCUT2D eigenvalue weighted by molar-refractivity contribution is 0.169. The van der Waals surface area contributed by atoms with Crippen LogP contribution in [0.3, 0.4) is 0 Å². The van der Waals surface area contributed by atoms with Gasteiger partial charge in [0.2, 0.25) is 0 Å². The van der Waals surface area contributed by atoms with Crippen molar-refractivity contribution in [2.75, 3.05) is 19.8 Å². The van der Waals surface area contributed by atoms with E-state index < -0.39 is 16.3 Å². The number of hydrogen-bond donors (Lipinski definition) is 0. The van der Waals surface area contributed by atoms with E-state index in [1.165, 1.54) is 66.8 Å². The summed E-state index contributed by atoms with van der Waals surface area (Å²) in [5, 5.41) is 0. The standard InChI is InChI=1S/C23H27ClO2.C15H9Br2ClO2.C15H11ClO2/c1-22(2,3)14-7-9-16-17-10-8-15(23(4,5)6)12-19(17)20(18(16)11-14)13-26-21(24)25;16-8-1-3-10-11-4-2-9(17)6-13(11)14(12(10)5-8)7-20-15(18)19;16-15(17)18-9-14-12-7-3-1-5-10(12)11-6-2-4-8-13(11)14/h7-12,20H,13H2,1-6H3;1-6,14H,7H2;1-8,14H,9H2. The monoisotopic (exact) mass is 1040 g/mol. The molecule has 0 spiro atoms. The van der Waals surface area contributed by atoms with E-state index in [2.05, 4.69) is 158 Å². The topological polar surface area (TPSA) is 78.9 Å². The lowest BCUT2D eigenvalue weighted by Crippen LogP contribution is -2.14. The molecule has 0 atom stereocenters. The predicted molar refractivity (Wildman–Crippen MR) is 266 cm³/mol. The van der Waals surface area contributed by atoms with Crippen molar-refractivity contribution in [2.45, 2.75) is 70.1 Å². The van der Waals surface area contributed by atoms with E-state index >= 15 is 0 Å². The number of hydrogen-bond acceptors (Lipinski definition) is 6. The van der Waals surface area contributed by atoms with Crippen LogP contribution in [0.5, 0.6) is 0 Å². The minimum Gasteiger partial charge on any atom is -0.453 e. The molecule has 6 nitrogen and oxygen atoms in total. The largest absolute Gasteiger partial charge is 0.453 e. The Labute approximate surface area is 406 Å². The molecule has 0 aromatic heterocycles. The Morgan fingerprint density at radius 2 is 0.703 bits per heavy atom. The van der Waals surface area contributed by atoms with E-state index in [0.717, 1.165) is 20.1 Å². The van der Waals surface area contributed by atoms with Crippen molar-refractivity contribution in [3.05, 3.63) is 175 Å². The second kappa shape index (κ2) is 19.6. The van der Waals surface area contributed by atoms with E-state index in [1.54, 1.807) is 0 Å². The zero-order valence-corrected chi connectivity index (χ0v) is 41.7. The number of carbonyl (C=O) groups is 3. The Bertz CT molecular complexity index is 2590. The molecule has 6 aromatic rings. The molecular formula is C53H47Br2Cl3O6. The Hall–Kier alpha value is -4.44. The highest BCUT2D eigenvalue weighted by molar-refractivity contribution is 9.10. The van der Waals surface area contributed by atoms with Crippen molar-refractivity contribution in [3.8, 4) is 33.4 Å². The van der Waals surface area contributed by atoms with Gasteiger partial charge in [-0.2, -0.15) is 0 Å². The number of ether oxygens (including phenoxy) is 3. The second-order valence-electron chi connectivity index (χ2n) is 18.0. The molecule has 9 rings (SSSR count). The van der Waals surface area contributed by atoms with Gasteiger partial charge in [-0.3, -0.25) is 0 Å². The van der Waals surface area contributed by atoms with E-state index in [0.29, 0.717) is 0 Å². The van der Waals surface area contributed by atoms with Crippen LogP contribution in [0.15, 0.2) is 130 Å². The van der Waals surface area contributed by atoms with E-state index in [9.17, 15) is 14.4 Å². The SMILES string of the molecule is CC(C)(C)c1ccc2c(c1)C(COC(=O)Cl)c1cc(C(C)(C)C)ccc1-2.O=C(Cl)OCC1c2cc(Br)ccc2-c2ccc(Br)cc21.O=C(Cl)OCC1c2ccccc2-c2ccccc21. The van der Waals surface area contributed by atoms with Crippen molar-refractivity contribution in [2.24, 2.45) is 0 Å². The average molecular weight is 1050 g/mol. The Kier molecular flexibility index (Phi) is 14.5. The third kappa shape index (κ3) is 10.5.